The maximum Gasteiger partial charge on any atom is 0.122 e. The minimum Gasteiger partial charge on any atom is -0.497 e. The maximum atomic E-state index is 5.98. The Labute approximate surface area is 117 Å². The van der Waals surface area contributed by atoms with Crippen molar-refractivity contribution in [1.82, 2.24) is 0 Å². The van der Waals surface area contributed by atoms with Gasteiger partial charge in [0.1, 0.15) is 5.75 Å². The van der Waals surface area contributed by atoms with Crippen molar-refractivity contribution < 1.29 is 4.74 Å². The lowest BCUT2D eigenvalue weighted by Gasteiger charge is -2.34. The number of hydrogen-bond donors (Lipinski definition) is 1. The minimum absolute atomic E-state index is 0.550. The van der Waals surface area contributed by atoms with Gasteiger partial charge in [-0.3, -0.25) is 0 Å². The molecule has 3 heteroatoms. The summed E-state index contributed by atoms with van der Waals surface area (Å²) in [7, 11) is 1.68. The maximum absolute atomic E-state index is 5.98. The van der Waals surface area contributed by atoms with E-state index in [2.05, 4.69) is 38.7 Å². The van der Waals surface area contributed by atoms with Gasteiger partial charge in [0.25, 0.3) is 0 Å². The molecule has 0 spiro atoms. The minimum atomic E-state index is 0.550. The predicted octanol–water partition coefficient (Wildman–Crippen LogP) is 3.93. The molecule has 108 valence electrons. The van der Waals surface area contributed by atoms with Crippen molar-refractivity contribution in [3.8, 4) is 5.75 Å². The van der Waals surface area contributed by atoms with Gasteiger partial charge in [-0.1, -0.05) is 27.7 Å². The van der Waals surface area contributed by atoms with Crippen molar-refractivity contribution in [3.05, 3.63) is 18.2 Å². The molecule has 0 bridgehead atoms. The number of ether oxygens (including phenoxy) is 1. The highest BCUT2D eigenvalue weighted by atomic mass is 16.5. The zero-order valence-corrected chi connectivity index (χ0v) is 12.9. The van der Waals surface area contributed by atoms with Gasteiger partial charge in [-0.05, 0) is 24.8 Å². The van der Waals surface area contributed by atoms with E-state index in [0.29, 0.717) is 12.0 Å². The lowest BCUT2D eigenvalue weighted by Crippen LogP contribution is -2.37. The highest BCUT2D eigenvalue weighted by molar-refractivity contribution is 5.61. The summed E-state index contributed by atoms with van der Waals surface area (Å²) in [6.07, 6.45) is 2.28. The molecule has 3 nitrogen and oxygen atoms in total. The van der Waals surface area contributed by atoms with Crippen LogP contribution in [-0.4, -0.2) is 19.7 Å². The molecular weight excluding hydrogens is 236 g/mol. The van der Waals surface area contributed by atoms with Crippen LogP contribution in [0.25, 0.3) is 0 Å². The highest BCUT2D eigenvalue weighted by Crippen LogP contribution is 2.29. The first-order valence-electron chi connectivity index (χ1n) is 7.22. The zero-order chi connectivity index (χ0) is 14.4. The molecule has 0 saturated heterocycles. The largest absolute Gasteiger partial charge is 0.497 e. The Hall–Kier alpha value is -1.38. The molecule has 1 rings (SSSR count). The number of nitrogen functional groups attached to an aromatic ring is 1. The third kappa shape index (κ3) is 4.34. The van der Waals surface area contributed by atoms with Crippen LogP contribution in [0.4, 0.5) is 11.4 Å². The number of rotatable bonds is 7. The molecule has 0 fully saturated rings. The summed E-state index contributed by atoms with van der Waals surface area (Å²) in [6.45, 7) is 10.0. The third-order valence-corrected chi connectivity index (χ3v) is 3.43. The molecule has 0 aliphatic rings. The Morgan fingerprint density at radius 2 is 1.79 bits per heavy atom. The lowest BCUT2D eigenvalue weighted by atomic mass is 10.1. The Morgan fingerprint density at radius 3 is 2.26 bits per heavy atom. The van der Waals surface area contributed by atoms with Crippen LogP contribution >= 0.6 is 0 Å². The molecule has 0 heterocycles. The first-order valence-corrected chi connectivity index (χ1v) is 7.22. The molecule has 0 radical (unpaired) electrons. The topological polar surface area (TPSA) is 38.5 Å². The van der Waals surface area contributed by atoms with Gasteiger partial charge in [-0.25, -0.2) is 0 Å². The number of methoxy groups -OCH3 is 1. The Bertz CT molecular complexity index is 386. The van der Waals surface area contributed by atoms with E-state index in [1.54, 1.807) is 7.11 Å². The first kappa shape index (κ1) is 15.7. The van der Waals surface area contributed by atoms with Gasteiger partial charge >= 0.3 is 0 Å². The molecule has 2 N–H and O–H groups in total. The van der Waals surface area contributed by atoms with Crippen molar-refractivity contribution in [2.45, 2.75) is 46.6 Å². The van der Waals surface area contributed by atoms with E-state index in [1.807, 2.05) is 12.1 Å². The summed E-state index contributed by atoms with van der Waals surface area (Å²) in [5.41, 5.74) is 7.90. The molecule has 0 aliphatic heterocycles. The fourth-order valence-corrected chi connectivity index (χ4v) is 2.48. The number of hydrogen-bond acceptors (Lipinski definition) is 3. The van der Waals surface area contributed by atoms with E-state index in [-0.39, 0.29) is 0 Å². The SMILES string of the molecule is CCC(CC)N(CC(C)C)c1cc(N)cc(OC)c1. The normalized spacial score (nSPS) is 11.1. The van der Waals surface area contributed by atoms with E-state index < -0.39 is 0 Å². The van der Waals surface area contributed by atoms with Crippen LogP contribution in [0.2, 0.25) is 0 Å². The lowest BCUT2D eigenvalue weighted by molar-refractivity contribution is 0.414. The Balaban J connectivity index is 3.11. The quantitative estimate of drug-likeness (QED) is 0.758. The number of nitrogens with two attached hydrogens (primary N) is 1. The summed E-state index contributed by atoms with van der Waals surface area (Å²) in [5.74, 6) is 1.45. The van der Waals surface area contributed by atoms with Crippen molar-refractivity contribution in [2.75, 3.05) is 24.3 Å². The van der Waals surface area contributed by atoms with Gasteiger partial charge in [0.05, 0.1) is 7.11 Å². The van der Waals surface area contributed by atoms with Gasteiger partial charge in [-0.2, -0.15) is 0 Å². The monoisotopic (exact) mass is 264 g/mol. The Kier molecular flexibility index (Phi) is 6.00. The molecule has 0 amide bonds. The van der Waals surface area contributed by atoms with E-state index in [4.69, 9.17) is 10.5 Å². The fourth-order valence-electron chi connectivity index (χ4n) is 2.48. The van der Waals surface area contributed by atoms with Crippen LogP contribution in [0.15, 0.2) is 18.2 Å². The summed E-state index contributed by atoms with van der Waals surface area (Å²) in [4.78, 5) is 2.46. The molecule has 19 heavy (non-hydrogen) atoms. The first-order chi connectivity index (χ1) is 9.01. The van der Waals surface area contributed by atoms with Gasteiger partial charge in [0.15, 0.2) is 0 Å². The summed E-state index contributed by atoms with van der Waals surface area (Å²) >= 11 is 0. The Morgan fingerprint density at radius 1 is 1.16 bits per heavy atom. The zero-order valence-electron chi connectivity index (χ0n) is 12.9. The second-order valence-corrected chi connectivity index (χ2v) is 5.48. The van der Waals surface area contributed by atoms with Crippen LogP contribution in [0.3, 0.4) is 0 Å². The number of anilines is 2. The molecular formula is C16H28N2O. The van der Waals surface area contributed by atoms with E-state index in [9.17, 15) is 0 Å². The van der Waals surface area contributed by atoms with Crippen molar-refractivity contribution >= 4 is 11.4 Å². The van der Waals surface area contributed by atoms with Crippen molar-refractivity contribution in [3.63, 3.8) is 0 Å². The number of nitrogens with zero attached hydrogens (tertiary/aromatic N) is 1. The standard InChI is InChI=1S/C16H28N2O/c1-6-14(7-2)18(11-12(3)4)15-8-13(17)9-16(10-15)19-5/h8-10,12,14H,6-7,11,17H2,1-5H3. The van der Waals surface area contributed by atoms with Gasteiger partial charge in [-0.15, -0.1) is 0 Å². The van der Waals surface area contributed by atoms with Crippen LogP contribution in [0, 0.1) is 5.92 Å². The van der Waals surface area contributed by atoms with Crippen molar-refractivity contribution in [1.29, 1.82) is 0 Å². The summed E-state index contributed by atoms with van der Waals surface area (Å²) in [5, 5.41) is 0. The molecule has 0 unspecified atom stereocenters. The van der Waals surface area contributed by atoms with Crippen molar-refractivity contribution in [2.24, 2.45) is 5.92 Å². The van der Waals surface area contributed by atoms with Crippen LogP contribution < -0.4 is 15.4 Å². The molecule has 1 aromatic rings. The number of benzene rings is 1. The molecule has 0 saturated carbocycles. The molecule has 1 aromatic carbocycles. The highest BCUT2D eigenvalue weighted by Gasteiger charge is 2.18. The average Bonchev–Trinajstić information content (AvgIpc) is 2.37. The predicted molar refractivity (Wildman–Crippen MR) is 84.0 cm³/mol. The van der Waals surface area contributed by atoms with Crippen LogP contribution in [0.5, 0.6) is 5.75 Å². The van der Waals surface area contributed by atoms with E-state index >= 15 is 0 Å². The van der Waals surface area contributed by atoms with Gasteiger partial charge in [0, 0.05) is 36.1 Å². The molecule has 0 aromatic heterocycles. The third-order valence-electron chi connectivity index (χ3n) is 3.43. The molecule has 0 atom stereocenters. The van der Waals surface area contributed by atoms with Crippen LogP contribution in [-0.2, 0) is 0 Å². The van der Waals surface area contributed by atoms with Gasteiger partial charge in [0.2, 0.25) is 0 Å². The fraction of sp³-hybridized carbons (Fsp3) is 0.625. The van der Waals surface area contributed by atoms with Crippen LogP contribution in [0.1, 0.15) is 40.5 Å². The van der Waals surface area contributed by atoms with Gasteiger partial charge < -0.3 is 15.4 Å². The average molecular weight is 264 g/mol. The van der Waals surface area contributed by atoms with E-state index in [0.717, 1.165) is 30.8 Å². The second kappa shape index (κ2) is 7.27. The smallest absolute Gasteiger partial charge is 0.122 e. The van der Waals surface area contributed by atoms with E-state index in [1.165, 1.54) is 5.69 Å². The summed E-state index contributed by atoms with van der Waals surface area (Å²) < 4.78 is 5.33. The summed E-state index contributed by atoms with van der Waals surface area (Å²) in [6, 6.07) is 6.54. The molecule has 0 aliphatic carbocycles. The second-order valence-electron chi connectivity index (χ2n) is 5.48.